The van der Waals surface area contributed by atoms with Crippen LogP contribution in [0.2, 0.25) is 10.0 Å². The quantitative estimate of drug-likeness (QED) is 0.152. The van der Waals surface area contributed by atoms with Crippen molar-refractivity contribution in [2.45, 2.75) is 58.2 Å². The van der Waals surface area contributed by atoms with Gasteiger partial charge >= 0.3 is 0 Å². The Morgan fingerprint density at radius 2 is 1.79 bits per heavy atom. The third-order valence-electron chi connectivity index (χ3n) is 9.21. The highest BCUT2D eigenvalue weighted by molar-refractivity contribution is 7.92. The minimum Gasteiger partial charge on any atom is -0.373 e. The minimum absolute atomic E-state index is 0.0599. The number of carbonyl (C=O) groups is 1. The van der Waals surface area contributed by atoms with Gasteiger partial charge in [0.05, 0.1) is 57.0 Å². The van der Waals surface area contributed by atoms with E-state index in [0.29, 0.717) is 39.2 Å². The number of amides is 1. The molecule has 6 rings (SSSR count). The average Bonchev–Trinajstić information content (AvgIpc) is 3.58. The molecule has 0 unspecified atom stereocenters. The van der Waals surface area contributed by atoms with Gasteiger partial charge in [0.25, 0.3) is 0 Å². The van der Waals surface area contributed by atoms with Crippen LogP contribution in [-0.2, 0) is 14.8 Å². The highest BCUT2D eigenvalue weighted by Gasteiger charge is 2.30. The normalized spacial score (nSPS) is 14.8. The van der Waals surface area contributed by atoms with Crippen molar-refractivity contribution in [3.05, 3.63) is 99.7 Å². The number of benzene rings is 3. The van der Waals surface area contributed by atoms with Crippen molar-refractivity contribution in [1.82, 2.24) is 24.9 Å². The van der Waals surface area contributed by atoms with Crippen molar-refractivity contribution in [2.75, 3.05) is 34.3 Å². The molecule has 1 fully saturated rings. The molecule has 1 saturated heterocycles. The van der Waals surface area contributed by atoms with Crippen LogP contribution in [0.25, 0.3) is 10.9 Å². The van der Waals surface area contributed by atoms with Gasteiger partial charge in [-0.1, -0.05) is 40.5 Å². The Labute approximate surface area is 317 Å². The second-order valence-corrected chi connectivity index (χ2v) is 16.6. The Balaban J connectivity index is 1.43. The summed E-state index contributed by atoms with van der Waals surface area (Å²) >= 11 is 12.9. The molecule has 0 saturated carbocycles. The summed E-state index contributed by atoms with van der Waals surface area (Å²) in [5.74, 6) is -1.25. The molecule has 5 aromatic rings. The van der Waals surface area contributed by atoms with Crippen molar-refractivity contribution in [3.8, 4) is 6.07 Å². The maximum Gasteiger partial charge on any atom is 0.238 e. The van der Waals surface area contributed by atoms with E-state index in [1.807, 2.05) is 10.9 Å². The van der Waals surface area contributed by atoms with Gasteiger partial charge in [0.2, 0.25) is 15.9 Å². The van der Waals surface area contributed by atoms with Crippen molar-refractivity contribution < 1.29 is 17.6 Å². The first-order valence-electron chi connectivity index (χ1n) is 16.8. The van der Waals surface area contributed by atoms with Crippen LogP contribution in [0.15, 0.2) is 67.0 Å². The second kappa shape index (κ2) is 14.9. The van der Waals surface area contributed by atoms with Crippen LogP contribution in [0.3, 0.4) is 0 Å². The van der Waals surface area contributed by atoms with Crippen LogP contribution >= 0.6 is 23.2 Å². The van der Waals surface area contributed by atoms with E-state index in [-0.39, 0.29) is 32.9 Å². The first-order valence-corrected chi connectivity index (χ1v) is 19.4. The van der Waals surface area contributed by atoms with Crippen LogP contribution < -0.4 is 14.9 Å². The van der Waals surface area contributed by atoms with Crippen LogP contribution in [0.1, 0.15) is 69.4 Å². The van der Waals surface area contributed by atoms with Crippen LogP contribution in [0.5, 0.6) is 0 Å². The Bertz CT molecular complexity index is 2350. The van der Waals surface area contributed by atoms with E-state index in [1.54, 1.807) is 36.4 Å². The second-order valence-electron chi connectivity index (χ2n) is 14.0. The Hall–Kier alpha value is -4.81. The maximum absolute atomic E-state index is 14.0. The lowest BCUT2D eigenvalue weighted by Crippen LogP contribution is -2.46. The number of hydrogen-bond acceptors (Lipinski definition) is 10. The van der Waals surface area contributed by atoms with E-state index < -0.39 is 27.8 Å². The van der Waals surface area contributed by atoms with Gasteiger partial charge < -0.3 is 10.6 Å². The Morgan fingerprint density at radius 3 is 2.43 bits per heavy atom. The number of nitrogens with zero attached hydrogens (tertiary/aromatic N) is 7. The molecule has 3 heterocycles. The number of aromatic nitrogens is 4. The predicted octanol–water partition coefficient (Wildman–Crippen LogP) is 7.84. The Morgan fingerprint density at radius 1 is 1.08 bits per heavy atom. The van der Waals surface area contributed by atoms with Crippen LogP contribution in [0, 0.1) is 17.1 Å². The number of pyridine rings is 1. The molecule has 0 spiro atoms. The molecule has 0 aliphatic carbocycles. The molecule has 276 valence electrons. The molecule has 1 atom stereocenters. The third-order valence-corrected chi connectivity index (χ3v) is 10.9. The van der Waals surface area contributed by atoms with E-state index in [2.05, 4.69) is 57.7 Å². The molecule has 0 radical (unpaired) electrons. The first-order chi connectivity index (χ1) is 25.0. The summed E-state index contributed by atoms with van der Waals surface area (Å²) < 4.78 is 41.9. The molecule has 1 aliphatic heterocycles. The van der Waals surface area contributed by atoms with Gasteiger partial charge in [-0.25, -0.2) is 21.8 Å². The number of nitriles is 1. The molecule has 3 aromatic carbocycles. The standard InChI is InChI=1S/C37H38Cl2FN9O3S/c1-22(50)49(53(5,51)52)28-8-6-7-23(15-28)35(33-21-48(46-45-33)27-11-13-47(14-12-27)37(2,3)4)44-26-16-29-34(43-25-9-10-32(40)30(38)17-25)24(19-41)20-42-36(29)31(39)18-26/h6-10,15-18,20-21,27,35,44H,11-14H2,1-5H3,(H,42,43)/t35-/m0/s1. The fourth-order valence-corrected chi connectivity index (χ4v) is 8.03. The number of rotatable bonds is 9. The van der Waals surface area contributed by atoms with Gasteiger partial charge in [0.1, 0.15) is 17.6 Å². The molecule has 53 heavy (non-hydrogen) atoms. The zero-order valence-corrected chi connectivity index (χ0v) is 32.1. The molecular weight excluding hydrogens is 740 g/mol. The lowest BCUT2D eigenvalue weighted by atomic mass is 9.98. The molecule has 0 bridgehead atoms. The SMILES string of the molecule is CC(=O)N(c1cccc([C@H](Nc2cc(Cl)c3ncc(C#N)c(Nc4ccc(F)c(Cl)c4)c3c2)c2cn(C3CCN(C(C)(C)C)CC3)nn2)c1)S(C)(=O)=O. The highest BCUT2D eigenvalue weighted by atomic mass is 35.5. The number of sulfonamides is 1. The topological polar surface area (TPSA) is 149 Å². The van der Waals surface area contributed by atoms with Crippen LogP contribution in [0.4, 0.5) is 27.1 Å². The summed E-state index contributed by atoms with van der Waals surface area (Å²) in [5.41, 5.74) is 3.29. The predicted molar refractivity (Wildman–Crippen MR) is 206 cm³/mol. The van der Waals surface area contributed by atoms with Crippen LogP contribution in [-0.4, -0.2) is 64.1 Å². The highest BCUT2D eigenvalue weighted by Crippen LogP contribution is 2.38. The fraction of sp³-hybridized carbons (Fsp3) is 0.324. The lowest BCUT2D eigenvalue weighted by molar-refractivity contribution is -0.115. The van der Waals surface area contributed by atoms with Crippen molar-refractivity contribution >= 4 is 72.8 Å². The largest absolute Gasteiger partial charge is 0.373 e. The summed E-state index contributed by atoms with van der Waals surface area (Å²) in [6.07, 6.45) is 6.03. The van der Waals surface area contributed by atoms with Crippen molar-refractivity contribution in [3.63, 3.8) is 0 Å². The monoisotopic (exact) mass is 777 g/mol. The number of piperidine rings is 1. The molecule has 1 amide bonds. The van der Waals surface area contributed by atoms with Gasteiger partial charge in [-0.3, -0.25) is 14.7 Å². The smallest absolute Gasteiger partial charge is 0.238 e. The summed E-state index contributed by atoms with van der Waals surface area (Å²) in [4.78, 5) is 19.4. The summed E-state index contributed by atoms with van der Waals surface area (Å²) in [6, 6.07) is 15.8. The molecule has 16 heteroatoms. The number of hydrogen-bond donors (Lipinski definition) is 2. The molecule has 12 nitrogen and oxygen atoms in total. The van der Waals surface area contributed by atoms with E-state index >= 15 is 0 Å². The van der Waals surface area contributed by atoms with Crippen molar-refractivity contribution in [2.24, 2.45) is 0 Å². The molecule has 2 N–H and O–H groups in total. The van der Waals surface area contributed by atoms with Gasteiger partial charge in [-0.2, -0.15) is 5.26 Å². The zero-order valence-electron chi connectivity index (χ0n) is 29.7. The van der Waals surface area contributed by atoms with Gasteiger partial charge in [-0.15, -0.1) is 5.10 Å². The summed E-state index contributed by atoms with van der Waals surface area (Å²) in [6.45, 7) is 9.62. The van der Waals surface area contributed by atoms with Gasteiger partial charge in [-0.05, 0) is 81.6 Å². The van der Waals surface area contributed by atoms with E-state index in [9.17, 15) is 22.9 Å². The fourth-order valence-electron chi connectivity index (χ4n) is 6.62. The number of fused-ring (bicyclic) bond motifs is 1. The maximum atomic E-state index is 14.0. The lowest BCUT2D eigenvalue weighted by Gasteiger charge is -2.40. The van der Waals surface area contributed by atoms with Gasteiger partial charge in [0, 0.05) is 48.5 Å². The minimum atomic E-state index is -3.94. The molecule has 1 aliphatic rings. The number of anilines is 4. The van der Waals surface area contributed by atoms with Crippen molar-refractivity contribution in [1.29, 1.82) is 5.26 Å². The van der Waals surface area contributed by atoms with E-state index in [4.69, 9.17) is 23.2 Å². The Kier molecular flexibility index (Phi) is 10.7. The van der Waals surface area contributed by atoms with Gasteiger partial charge in [0.15, 0.2) is 0 Å². The molecule has 2 aromatic heterocycles. The summed E-state index contributed by atoms with van der Waals surface area (Å²) in [5, 5.41) is 26.5. The number of halogens is 3. The average molecular weight is 779 g/mol. The number of carbonyl (C=O) groups excluding carboxylic acids is 1. The van der Waals surface area contributed by atoms with E-state index in [0.717, 1.165) is 36.5 Å². The number of likely N-dealkylation sites (tertiary alicyclic amines) is 1. The molecular formula is C37H38Cl2FN9O3S. The van der Waals surface area contributed by atoms with E-state index in [1.165, 1.54) is 31.3 Å². The first kappa shape index (κ1) is 37.9. The third kappa shape index (κ3) is 8.23. The zero-order chi connectivity index (χ0) is 38.2. The number of nitrogens with one attached hydrogen (secondary N) is 2. The summed E-state index contributed by atoms with van der Waals surface area (Å²) in [7, 11) is -3.94.